The molecule has 5 nitrogen and oxygen atoms in total. The van der Waals surface area contributed by atoms with Gasteiger partial charge in [0.05, 0.1) is 17.9 Å². The zero-order valence-corrected chi connectivity index (χ0v) is 23.4. The highest BCUT2D eigenvalue weighted by Gasteiger charge is 2.69. The topological polar surface area (TPSA) is 83.8 Å². The summed E-state index contributed by atoms with van der Waals surface area (Å²) in [6.45, 7) is 12.0. The molecule has 5 heteroatoms. The van der Waals surface area contributed by atoms with Gasteiger partial charge < -0.3 is 14.9 Å². The van der Waals surface area contributed by atoms with Gasteiger partial charge in [0.2, 0.25) is 0 Å². The van der Waals surface area contributed by atoms with E-state index in [9.17, 15) is 19.8 Å². The molecule has 0 bridgehead atoms. The molecule has 0 aromatic rings. The highest BCUT2D eigenvalue weighted by atomic mass is 16.5. The van der Waals surface area contributed by atoms with Crippen LogP contribution in [0.3, 0.4) is 0 Å². The number of rotatable bonds is 3. The van der Waals surface area contributed by atoms with Gasteiger partial charge in [-0.3, -0.25) is 9.59 Å². The summed E-state index contributed by atoms with van der Waals surface area (Å²) in [6.07, 6.45) is 12.5. The summed E-state index contributed by atoms with van der Waals surface area (Å²) >= 11 is 0. The number of carbonyl (C=O) groups is 2. The number of carboxylic acids is 1. The summed E-state index contributed by atoms with van der Waals surface area (Å²) in [5, 5.41) is 21.0. The molecular formula is C31H48O5. The summed E-state index contributed by atoms with van der Waals surface area (Å²) in [4.78, 5) is 25.7. The minimum atomic E-state index is -0.774. The van der Waals surface area contributed by atoms with Crippen LogP contribution >= 0.6 is 0 Å². The molecule has 0 aromatic carbocycles. The lowest BCUT2D eigenvalue weighted by Crippen LogP contribution is -2.64. The van der Waals surface area contributed by atoms with Gasteiger partial charge in [0.1, 0.15) is 0 Å². The number of fused-ring (bicyclic) bond motifs is 7. The molecule has 9 unspecified atom stereocenters. The van der Waals surface area contributed by atoms with Crippen LogP contribution < -0.4 is 0 Å². The number of hydrogen-bond donors (Lipinski definition) is 2. The minimum Gasteiger partial charge on any atom is -0.481 e. The Morgan fingerprint density at radius 3 is 2.31 bits per heavy atom. The molecule has 0 amide bonds. The summed E-state index contributed by atoms with van der Waals surface area (Å²) in [7, 11) is 1.45. The molecule has 202 valence electrons. The largest absolute Gasteiger partial charge is 0.481 e. The van der Waals surface area contributed by atoms with Crippen molar-refractivity contribution in [2.45, 2.75) is 105 Å². The molecule has 0 spiro atoms. The molecule has 36 heavy (non-hydrogen) atoms. The second kappa shape index (κ2) is 8.07. The maximum atomic E-state index is 12.9. The van der Waals surface area contributed by atoms with Crippen LogP contribution in [0.4, 0.5) is 0 Å². The average molecular weight is 501 g/mol. The maximum absolute atomic E-state index is 12.9. The van der Waals surface area contributed by atoms with Gasteiger partial charge in [-0.2, -0.15) is 0 Å². The number of allylic oxidation sites excluding steroid dienone is 2. The zero-order chi connectivity index (χ0) is 26.4. The lowest BCUT2D eigenvalue weighted by molar-refractivity contribution is -0.195. The first-order chi connectivity index (χ1) is 16.8. The van der Waals surface area contributed by atoms with Crippen LogP contribution in [0, 0.1) is 50.2 Å². The maximum Gasteiger partial charge on any atom is 0.311 e. The third-order valence-corrected chi connectivity index (χ3v) is 13.4. The first-order valence-corrected chi connectivity index (χ1v) is 14.4. The summed E-state index contributed by atoms with van der Waals surface area (Å²) in [5.41, 5.74) is 0.106. The number of carboxylic acid groups (broad SMARTS) is 1. The van der Waals surface area contributed by atoms with Crippen molar-refractivity contribution < 1.29 is 24.5 Å². The van der Waals surface area contributed by atoms with Crippen molar-refractivity contribution in [3.8, 4) is 0 Å². The molecule has 9 atom stereocenters. The second-order valence-electron chi connectivity index (χ2n) is 14.7. The van der Waals surface area contributed by atoms with E-state index in [1.54, 1.807) is 0 Å². The zero-order valence-electron chi connectivity index (χ0n) is 23.4. The SMILES string of the molecule is COC(=O)C1(C)CCC2(C(=O)O)CCC3(C)C(=CCC4C5(C)CCCC(C)(CO)C5CCC43C)C2C1. The fraction of sp³-hybridized carbons (Fsp3) is 0.871. The van der Waals surface area contributed by atoms with E-state index in [4.69, 9.17) is 4.74 Å². The number of aliphatic hydroxyl groups is 1. The number of methoxy groups -OCH3 is 1. The van der Waals surface area contributed by atoms with Crippen LogP contribution in [0.2, 0.25) is 0 Å². The van der Waals surface area contributed by atoms with E-state index in [2.05, 4.69) is 33.8 Å². The second-order valence-corrected chi connectivity index (χ2v) is 14.7. The number of esters is 1. The lowest BCUT2D eigenvalue weighted by atomic mass is 9.33. The van der Waals surface area contributed by atoms with Crippen LogP contribution in [0.1, 0.15) is 105 Å². The Morgan fingerprint density at radius 2 is 1.67 bits per heavy atom. The molecular weight excluding hydrogens is 452 g/mol. The van der Waals surface area contributed by atoms with Crippen molar-refractivity contribution in [3.05, 3.63) is 11.6 Å². The Balaban J connectivity index is 1.59. The molecule has 5 rings (SSSR count). The molecule has 0 heterocycles. The van der Waals surface area contributed by atoms with Crippen molar-refractivity contribution in [2.24, 2.45) is 50.2 Å². The Bertz CT molecular complexity index is 987. The predicted molar refractivity (Wildman–Crippen MR) is 139 cm³/mol. The minimum absolute atomic E-state index is 0.00402. The average Bonchev–Trinajstić information content (AvgIpc) is 2.83. The molecule has 2 N–H and O–H groups in total. The van der Waals surface area contributed by atoms with Gasteiger partial charge in [0.15, 0.2) is 0 Å². The Morgan fingerprint density at radius 1 is 0.972 bits per heavy atom. The number of ether oxygens (including phenoxy) is 1. The fourth-order valence-corrected chi connectivity index (χ4v) is 11.0. The van der Waals surface area contributed by atoms with Gasteiger partial charge >= 0.3 is 11.9 Å². The quantitative estimate of drug-likeness (QED) is 0.347. The van der Waals surface area contributed by atoms with Crippen molar-refractivity contribution in [3.63, 3.8) is 0 Å². The van der Waals surface area contributed by atoms with Crippen molar-refractivity contribution >= 4 is 11.9 Å². The summed E-state index contributed by atoms with van der Waals surface area (Å²) in [6, 6.07) is 0. The fourth-order valence-electron chi connectivity index (χ4n) is 11.0. The van der Waals surface area contributed by atoms with E-state index in [0.717, 1.165) is 32.1 Å². The highest BCUT2D eigenvalue weighted by Crippen LogP contribution is 2.75. The molecule has 0 radical (unpaired) electrons. The predicted octanol–water partition coefficient (Wildman–Crippen LogP) is 6.39. The standard InChI is InChI=1S/C31H48O5/c1-26(25(35)36-6)14-16-31(24(33)34)17-15-29(4)20(21(31)18-26)8-9-23-28(3)12-7-11-27(2,19-32)22(28)10-13-30(23,29)5/h8,21-23,32H,7,9-19H2,1-6H3,(H,33,34). The molecule has 5 aliphatic carbocycles. The Kier molecular flexibility index (Phi) is 5.89. The molecule has 4 saturated carbocycles. The molecule has 0 aromatic heterocycles. The van der Waals surface area contributed by atoms with Crippen molar-refractivity contribution in [1.82, 2.24) is 0 Å². The first kappa shape index (κ1) is 26.3. The molecule has 4 fully saturated rings. The van der Waals surface area contributed by atoms with E-state index >= 15 is 0 Å². The van der Waals surface area contributed by atoms with E-state index in [-0.39, 0.29) is 40.2 Å². The summed E-state index contributed by atoms with van der Waals surface area (Å²) < 4.78 is 5.21. The van der Waals surface area contributed by atoms with Crippen LogP contribution in [-0.2, 0) is 14.3 Å². The smallest absolute Gasteiger partial charge is 0.311 e. The third-order valence-electron chi connectivity index (χ3n) is 13.4. The first-order valence-electron chi connectivity index (χ1n) is 14.4. The number of aliphatic carboxylic acids is 1. The van der Waals surface area contributed by atoms with Gasteiger partial charge in [-0.1, -0.05) is 45.8 Å². The monoisotopic (exact) mass is 500 g/mol. The third kappa shape index (κ3) is 3.10. The van der Waals surface area contributed by atoms with Gasteiger partial charge in [-0.25, -0.2) is 0 Å². The van der Waals surface area contributed by atoms with Gasteiger partial charge in [0, 0.05) is 6.61 Å². The summed E-state index contributed by atoms with van der Waals surface area (Å²) in [5.74, 6) is 0.0454. The van der Waals surface area contributed by atoms with Crippen LogP contribution in [0.15, 0.2) is 11.6 Å². The van der Waals surface area contributed by atoms with Gasteiger partial charge in [-0.05, 0) is 111 Å². The van der Waals surface area contributed by atoms with E-state index < -0.39 is 16.8 Å². The van der Waals surface area contributed by atoms with E-state index in [1.165, 1.54) is 25.5 Å². The van der Waals surface area contributed by atoms with Gasteiger partial charge in [0.25, 0.3) is 0 Å². The van der Waals surface area contributed by atoms with E-state index in [0.29, 0.717) is 37.5 Å². The van der Waals surface area contributed by atoms with Crippen molar-refractivity contribution in [2.75, 3.05) is 13.7 Å². The van der Waals surface area contributed by atoms with Crippen molar-refractivity contribution in [1.29, 1.82) is 0 Å². The Hall–Kier alpha value is -1.36. The lowest BCUT2D eigenvalue weighted by Gasteiger charge is -2.70. The molecule has 0 aliphatic heterocycles. The molecule has 5 aliphatic rings. The highest BCUT2D eigenvalue weighted by molar-refractivity contribution is 5.80. The van der Waals surface area contributed by atoms with E-state index in [1.807, 2.05) is 6.92 Å². The normalized spacial score (nSPS) is 52.1. The number of hydrogen-bond acceptors (Lipinski definition) is 4. The van der Waals surface area contributed by atoms with Gasteiger partial charge in [-0.15, -0.1) is 0 Å². The van der Waals surface area contributed by atoms with Crippen LogP contribution in [0.5, 0.6) is 0 Å². The number of carbonyl (C=O) groups excluding carboxylic acids is 1. The van der Waals surface area contributed by atoms with Crippen LogP contribution in [-0.4, -0.2) is 35.9 Å². The molecule has 0 saturated heterocycles. The number of aliphatic hydroxyl groups excluding tert-OH is 1. The van der Waals surface area contributed by atoms with Crippen LogP contribution in [0.25, 0.3) is 0 Å². The Labute approximate surface area is 217 Å².